The lowest BCUT2D eigenvalue weighted by atomic mass is 10.0. The van der Waals surface area contributed by atoms with Gasteiger partial charge in [-0.15, -0.1) is 0 Å². The van der Waals surface area contributed by atoms with Crippen LogP contribution in [-0.2, 0) is 16.4 Å². The predicted octanol–water partition coefficient (Wildman–Crippen LogP) is 5.52. The molecule has 1 aliphatic rings. The molecule has 0 saturated heterocycles. The van der Waals surface area contributed by atoms with Gasteiger partial charge in [0.25, 0.3) is 10.0 Å². The first kappa shape index (κ1) is 20.7. The van der Waals surface area contributed by atoms with Crippen LogP contribution < -0.4 is 4.31 Å². The van der Waals surface area contributed by atoms with Gasteiger partial charge < -0.3 is 0 Å². The second-order valence-corrected chi connectivity index (χ2v) is 9.91. The fraction of sp³-hybridized carbons (Fsp3) is 0.120. The van der Waals surface area contributed by atoms with Crippen LogP contribution >= 0.6 is 11.6 Å². The second-order valence-electron chi connectivity index (χ2n) is 7.69. The van der Waals surface area contributed by atoms with Crippen LogP contribution in [0, 0.1) is 6.92 Å². The third kappa shape index (κ3) is 3.55. The van der Waals surface area contributed by atoms with E-state index in [9.17, 15) is 8.42 Å². The molecule has 0 aliphatic carbocycles. The molecule has 2 heterocycles. The predicted molar refractivity (Wildman–Crippen MR) is 127 cm³/mol. The van der Waals surface area contributed by atoms with Crippen LogP contribution in [0.4, 0.5) is 5.69 Å². The number of para-hydroxylation sites is 1. The number of aromatic nitrogens is 2. The van der Waals surface area contributed by atoms with E-state index in [1.807, 2.05) is 61.5 Å². The monoisotopic (exact) mass is 461 g/mol. The SMILES string of the molecule is Cc1ccc(S(=O)(=O)N2CCc3c(Cl)nc(-c4ccccc4)nc3-c3ccccc32)cc1. The van der Waals surface area contributed by atoms with E-state index in [1.54, 1.807) is 24.3 Å². The normalized spacial score (nSPS) is 13.2. The van der Waals surface area contributed by atoms with Crippen molar-refractivity contribution in [2.45, 2.75) is 18.2 Å². The van der Waals surface area contributed by atoms with Crippen molar-refractivity contribution >= 4 is 27.3 Å². The van der Waals surface area contributed by atoms with Gasteiger partial charge in [0, 0.05) is 23.2 Å². The number of benzene rings is 3. The molecule has 0 N–H and O–H groups in total. The number of anilines is 1. The Morgan fingerprint density at radius 3 is 2.31 bits per heavy atom. The minimum atomic E-state index is -3.77. The largest absolute Gasteiger partial charge is 0.265 e. The Morgan fingerprint density at radius 1 is 0.875 bits per heavy atom. The van der Waals surface area contributed by atoms with Crippen LogP contribution in [-0.4, -0.2) is 24.9 Å². The van der Waals surface area contributed by atoms with E-state index >= 15 is 0 Å². The molecular formula is C25H20ClN3O2S. The first-order chi connectivity index (χ1) is 15.4. The summed E-state index contributed by atoms with van der Waals surface area (Å²) in [7, 11) is -3.77. The maximum absolute atomic E-state index is 13.6. The molecule has 4 aromatic rings. The van der Waals surface area contributed by atoms with Gasteiger partial charge in [-0.25, -0.2) is 18.4 Å². The van der Waals surface area contributed by atoms with E-state index in [0.717, 1.165) is 22.3 Å². The molecule has 5 rings (SSSR count). The number of aryl methyl sites for hydroxylation is 1. The van der Waals surface area contributed by atoms with Crippen molar-refractivity contribution < 1.29 is 8.42 Å². The number of hydrogen-bond donors (Lipinski definition) is 0. The van der Waals surface area contributed by atoms with Crippen molar-refractivity contribution in [3.05, 3.63) is 95.1 Å². The molecule has 1 aromatic heterocycles. The van der Waals surface area contributed by atoms with E-state index in [-0.39, 0.29) is 11.4 Å². The van der Waals surface area contributed by atoms with Gasteiger partial charge in [-0.2, -0.15) is 0 Å². The molecule has 7 heteroatoms. The molecule has 3 aromatic carbocycles. The Bertz CT molecular complexity index is 1410. The van der Waals surface area contributed by atoms with Gasteiger partial charge in [-0.05, 0) is 31.5 Å². The quantitative estimate of drug-likeness (QED) is 0.376. The molecular weight excluding hydrogens is 442 g/mol. The zero-order valence-corrected chi connectivity index (χ0v) is 18.9. The summed E-state index contributed by atoms with van der Waals surface area (Å²) >= 11 is 6.61. The molecule has 0 radical (unpaired) electrons. The fourth-order valence-electron chi connectivity index (χ4n) is 3.93. The topological polar surface area (TPSA) is 63.2 Å². The maximum atomic E-state index is 13.6. The first-order valence-corrected chi connectivity index (χ1v) is 12.1. The Labute approximate surface area is 192 Å². The lowest BCUT2D eigenvalue weighted by molar-refractivity contribution is 0.591. The van der Waals surface area contributed by atoms with Crippen molar-refractivity contribution in [1.29, 1.82) is 0 Å². The molecule has 0 fully saturated rings. The lowest BCUT2D eigenvalue weighted by Gasteiger charge is -2.24. The van der Waals surface area contributed by atoms with Gasteiger partial charge >= 0.3 is 0 Å². The number of halogens is 1. The Morgan fingerprint density at radius 2 is 1.56 bits per heavy atom. The zero-order valence-electron chi connectivity index (χ0n) is 17.4. The summed E-state index contributed by atoms with van der Waals surface area (Å²) in [6, 6.07) is 23.9. The number of nitrogens with zero attached hydrogens (tertiary/aromatic N) is 3. The highest BCUT2D eigenvalue weighted by Crippen LogP contribution is 2.40. The van der Waals surface area contributed by atoms with Crippen LogP contribution in [0.3, 0.4) is 0 Å². The standard InChI is InChI=1S/C25H20ClN3O2S/c1-17-11-13-19(14-12-17)32(30,31)29-16-15-21-23(20-9-5-6-10-22(20)29)27-25(28-24(21)26)18-7-3-2-4-8-18/h2-14H,15-16H2,1H3. The third-order valence-electron chi connectivity index (χ3n) is 5.59. The van der Waals surface area contributed by atoms with Crippen LogP contribution in [0.2, 0.25) is 5.15 Å². The molecule has 0 spiro atoms. The summed E-state index contributed by atoms with van der Waals surface area (Å²) in [4.78, 5) is 9.60. The minimum absolute atomic E-state index is 0.244. The lowest BCUT2D eigenvalue weighted by Crippen LogP contribution is -2.32. The van der Waals surface area contributed by atoms with E-state index in [2.05, 4.69) is 4.98 Å². The smallest absolute Gasteiger partial charge is 0.264 e. The molecule has 5 nitrogen and oxygen atoms in total. The van der Waals surface area contributed by atoms with Crippen LogP contribution in [0.25, 0.3) is 22.6 Å². The van der Waals surface area contributed by atoms with Gasteiger partial charge in [-0.3, -0.25) is 4.31 Å². The number of sulfonamides is 1. The molecule has 0 saturated carbocycles. The van der Waals surface area contributed by atoms with E-state index in [1.165, 1.54) is 4.31 Å². The second kappa shape index (κ2) is 8.04. The highest BCUT2D eigenvalue weighted by molar-refractivity contribution is 7.92. The number of rotatable bonds is 3. The maximum Gasteiger partial charge on any atom is 0.264 e. The van der Waals surface area contributed by atoms with Crippen molar-refractivity contribution in [2.24, 2.45) is 0 Å². The summed E-state index contributed by atoms with van der Waals surface area (Å²) in [6.45, 7) is 2.17. The van der Waals surface area contributed by atoms with Crippen LogP contribution in [0.1, 0.15) is 11.1 Å². The van der Waals surface area contributed by atoms with Gasteiger partial charge in [0.15, 0.2) is 5.82 Å². The third-order valence-corrected chi connectivity index (χ3v) is 7.73. The molecule has 32 heavy (non-hydrogen) atoms. The molecule has 1 aliphatic heterocycles. The minimum Gasteiger partial charge on any atom is -0.265 e. The highest BCUT2D eigenvalue weighted by atomic mass is 35.5. The summed E-state index contributed by atoms with van der Waals surface area (Å²) in [5.74, 6) is 0.513. The molecule has 0 atom stereocenters. The number of fused-ring (bicyclic) bond motifs is 3. The molecule has 0 bridgehead atoms. The average molecular weight is 462 g/mol. The summed E-state index contributed by atoms with van der Waals surface area (Å²) < 4.78 is 28.6. The molecule has 160 valence electrons. The average Bonchev–Trinajstić information content (AvgIpc) is 2.98. The van der Waals surface area contributed by atoms with Gasteiger partial charge in [0.2, 0.25) is 0 Å². The molecule has 0 amide bonds. The van der Waals surface area contributed by atoms with E-state index in [4.69, 9.17) is 16.6 Å². The van der Waals surface area contributed by atoms with Crippen molar-refractivity contribution in [1.82, 2.24) is 9.97 Å². The van der Waals surface area contributed by atoms with Gasteiger partial charge in [0.05, 0.1) is 16.3 Å². The Kier molecular flexibility index (Phi) is 5.19. The summed E-state index contributed by atoms with van der Waals surface area (Å²) in [6.07, 6.45) is 0.406. The van der Waals surface area contributed by atoms with E-state index in [0.29, 0.717) is 28.8 Å². The van der Waals surface area contributed by atoms with Crippen molar-refractivity contribution in [2.75, 3.05) is 10.8 Å². The summed E-state index contributed by atoms with van der Waals surface area (Å²) in [5.41, 5.74) is 4.57. The Balaban J connectivity index is 1.69. The van der Waals surface area contributed by atoms with Crippen LogP contribution in [0.15, 0.2) is 83.8 Å². The highest BCUT2D eigenvalue weighted by Gasteiger charge is 2.31. The van der Waals surface area contributed by atoms with Crippen molar-refractivity contribution in [3.63, 3.8) is 0 Å². The van der Waals surface area contributed by atoms with Gasteiger partial charge in [-0.1, -0.05) is 77.8 Å². The summed E-state index contributed by atoms with van der Waals surface area (Å²) in [5, 5.41) is 0.346. The van der Waals surface area contributed by atoms with Crippen molar-refractivity contribution in [3.8, 4) is 22.6 Å². The van der Waals surface area contributed by atoms with Crippen LogP contribution in [0.5, 0.6) is 0 Å². The van der Waals surface area contributed by atoms with E-state index < -0.39 is 10.0 Å². The van der Waals surface area contributed by atoms with Gasteiger partial charge in [0.1, 0.15) is 5.15 Å². The molecule has 0 unspecified atom stereocenters. The fourth-order valence-corrected chi connectivity index (χ4v) is 5.68. The zero-order chi connectivity index (χ0) is 22.3. The Hall–Kier alpha value is -3.22. The first-order valence-electron chi connectivity index (χ1n) is 10.3. The number of hydrogen-bond acceptors (Lipinski definition) is 4.